The molecule has 9 heavy (non-hydrogen) atoms. The van der Waals surface area contributed by atoms with E-state index in [2.05, 4.69) is 19.9 Å². The molecule has 0 radical (unpaired) electrons. The van der Waals surface area contributed by atoms with E-state index in [0.29, 0.717) is 5.82 Å². The van der Waals surface area contributed by atoms with Gasteiger partial charge in [-0.25, -0.2) is 0 Å². The number of ether oxygens (including phenoxy) is 1. The van der Waals surface area contributed by atoms with Gasteiger partial charge in [-0.3, -0.25) is 0 Å². The van der Waals surface area contributed by atoms with Gasteiger partial charge in [0.15, 0.2) is 0 Å². The maximum Gasteiger partial charge on any atom is 0.337 e. The lowest BCUT2D eigenvalue weighted by atomic mass is 10.8. The van der Waals surface area contributed by atoms with Gasteiger partial charge in [-0.1, -0.05) is 5.10 Å². The van der Waals surface area contributed by atoms with Gasteiger partial charge in [-0.05, 0) is 0 Å². The average molecular weight is 126 g/mol. The fraction of sp³-hybridized carbons (Fsp3) is 0.250. The van der Waals surface area contributed by atoms with Gasteiger partial charge in [0.05, 0.1) is 13.3 Å². The molecule has 0 amide bonds. The molecule has 0 saturated carbocycles. The van der Waals surface area contributed by atoms with Crippen LogP contribution in [0.3, 0.4) is 0 Å². The van der Waals surface area contributed by atoms with E-state index in [0.717, 1.165) is 0 Å². The van der Waals surface area contributed by atoms with Crippen LogP contribution in [0.5, 0.6) is 6.01 Å². The highest BCUT2D eigenvalue weighted by molar-refractivity contribution is 5.22. The van der Waals surface area contributed by atoms with Crippen molar-refractivity contribution in [3.05, 3.63) is 6.20 Å². The third-order valence-electron chi connectivity index (χ3n) is 0.741. The molecule has 2 N–H and O–H groups in total. The van der Waals surface area contributed by atoms with Crippen molar-refractivity contribution in [1.82, 2.24) is 15.2 Å². The van der Waals surface area contributed by atoms with Crippen molar-refractivity contribution < 1.29 is 4.74 Å². The van der Waals surface area contributed by atoms with E-state index in [1.807, 2.05) is 0 Å². The highest BCUT2D eigenvalue weighted by atomic mass is 16.5. The van der Waals surface area contributed by atoms with Crippen LogP contribution in [0.15, 0.2) is 6.20 Å². The van der Waals surface area contributed by atoms with Gasteiger partial charge in [0.1, 0.15) is 5.82 Å². The summed E-state index contributed by atoms with van der Waals surface area (Å²) in [5.74, 6) is 0.307. The van der Waals surface area contributed by atoms with Gasteiger partial charge in [-0.15, -0.1) is 0 Å². The second-order valence-electron chi connectivity index (χ2n) is 1.37. The number of nitrogen functional groups attached to an aromatic ring is 1. The molecule has 0 spiro atoms. The van der Waals surface area contributed by atoms with E-state index in [4.69, 9.17) is 5.73 Å². The van der Waals surface area contributed by atoms with Crippen LogP contribution in [0.25, 0.3) is 0 Å². The summed E-state index contributed by atoms with van der Waals surface area (Å²) in [6.07, 6.45) is 1.35. The van der Waals surface area contributed by atoms with E-state index in [9.17, 15) is 0 Å². The van der Waals surface area contributed by atoms with E-state index in [-0.39, 0.29) is 6.01 Å². The lowest BCUT2D eigenvalue weighted by molar-refractivity contribution is 0.374. The fourth-order valence-electron chi connectivity index (χ4n) is 0.386. The van der Waals surface area contributed by atoms with Crippen molar-refractivity contribution in [3.63, 3.8) is 0 Å². The largest absolute Gasteiger partial charge is 0.466 e. The molecule has 1 aromatic heterocycles. The highest BCUT2D eigenvalue weighted by Crippen LogP contribution is 1.98. The molecule has 0 unspecified atom stereocenters. The zero-order chi connectivity index (χ0) is 6.69. The minimum Gasteiger partial charge on any atom is -0.466 e. The van der Waals surface area contributed by atoms with Crippen LogP contribution in [0, 0.1) is 0 Å². The van der Waals surface area contributed by atoms with Gasteiger partial charge in [0.25, 0.3) is 0 Å². The van der Waals surface area contributed by atoms with Crippen LogP contribution >= 0.6 is 0 Å². The number of anilines is 1. The van der Waals surface area contributed by atoms with Crippen LogP contribution in [0.1, 0.15) is 0 Å². The summed E-state index contributed by atoms with van der Waals surface area (Å²) in [4.78, 5) is 3.67. The number of rotatable bonds is 1. The summed E-state index contributed by atoms with van der Waals surface area (Å²) in [5, 5.41) is 6.99. The minimum absolute atomic E-state index is 0.190. The van der Waals surface area contributed by atoms with E-state index >= 15 is 0 Å². The Morgan fingerprint density at radius 1 is 1.67 bits per heavy atom. The molecule has 1 aromatic rings. The minimum atomic E-state index is 0.190. The van der Waals surface area contributed by atoms with Crippen molar-refractivity contribution in [3.8, 4) is 6.01 Å². The Bertz CT molecular complexity index is 202. The van der Waals surface area contributed by atoms with E-state index < -0.39 is 0 Å². The first kappa shape index (κ1) is 5.74. The molecule has 0 aliphatic carbocycles. The van der Waals surface area contributed by atoms with Crippen LogP contribution < -0.4 is 10.5 Å². The second-order valence-corrected chi connectivity index (χ2v) is 1.37. The number of aromatic nitrogens is 3. The van der Waals surface area contributed by atoms with Crippen LogP contribution in [-0.2, 0) is 0 Å². The molecule has 0 atom stereocenters. The number of hydrogen-bond donors (Lipinski definition) is 1. The standard InChI is InChI=1S/C4H6N4O/c1-9-4-7-3(5)2-6-8-4/h2H,1H3,(H2,5,7,8). The quantitative estimate of drug-likeness (QED) is 0.547. The monoisotopic (exact) mass is 126 g/mol. The molecule has 1 rings (SSSR count). The molecule has 0 fully saturated rings. The Kier molecular flexibility index (Phi) is 1.44. The van der Waals surface area contributed by atoms with Crippen LogP contribution in [-0.4, -0.2) is 22.3 Å². The Morgan fingerprint density at radius 3 is 2.89 bits per heavy atom. The summed E-state index contributed by atoms with van der Waals surface area (Å²) < 4.78 is 4.63. The van der Waals surface area contributed by atoms with Crippen molar-refractivity contribution in [2.45, 2.75) is 0 Å². The summed E-state index contributed by atoms with van der Waals surface area (Å²) in [6.45, 7) is 0. The first-order chi connectivity index (χ1) is 4.33. The predicted molar refractivity (Wildman–Crippen MR) is 30.8 cm³/mol. The van der Waals surface area contributed by atoms with Gasteiger partial charge < -0.3 is 10.5 Å². The van der Waals surface area contributed by atoms with Crippen molar-refractivity contribution in [1.29, 1.82) is 0 Å². The molecule has 1 heterocycles. The molecular weight excluding hydrogens is 120 g/mol. The maximum absolute atomic E-state index is 5.24. The third kappa shape index (κ3) is 1.25. The number of nitrogens with zero attached hydrogens (tertiary/aromatic N) is 3. The Hall–Kier alpha value is -1.39. The number of nitrogens with two attached hydrogens (primary N) is 1. The molecule has 5 nitrogen and oxygen atoms in total. The fourth-order valence-corrected chi connectivity index (χ4v) is 0.386. The Morgan fingerprint density at radius 2 is 2.44 bits per heavy atom. The van der Waals surface area contributed by atoms with Gasteiger partial charge >= 0.3 is 6.01 Å². The van der Waals surface area contributed by atoms with Gasteiger partial charge in [0, 0.05) is 0 Å². The topological polar surface area (TPSA) is 73.9 Å². The van der Waals surface area contributed by atoms with Gasteiger partial charge in [0.2, 0.25) is 0 Å². The summed E-state index contributed by atoms with van der Waals surface area (Å²) in [7, 11) is 1.45. The SMILES string of the molecule is COc1nncc(N)n1. The zero-order valence-electron chi connectivity index (χ0n) is 4.90. The van der Waals surface area contributed by atoms with Crippen LogP contribution in [0.4, 0.5) is 5.82 Å². The molecule has 0 aliphatic rings. The molecule has 0 saturated heterocycles. The molecule has 5 heteroatoms. The van der Waals surface area contributed by atoms with E-state index in [1.54, 1.807) is 0 Å². The first-order valence-corrected chi connectivity index (χ1v) is 2.32. The van der Waals surface area contributed by atoms with Crippen molar-refractivity contribution in [2.24, 2.45) is 0 Å². The Labute approximate surface area is 51.9 Å². The molecule has 48 valence electrons. The maximum atomic E-state index is 5.24. The summed E-state index contributed by atoms with van der Waals surface area (Å²) in [6, 6.07) is 0.190. The zero-order valence-corrected chi connectivity index (χ0v) is 4.90. The Balaban J connectivity index is 2.94. The average Bonchev–Trinajstić information content (AvgIpc) is 1.88. The number of hydrogen-bond acceptors (Lipinski definition) is 5. The van der Waals surface area contributed by atoms with Crippen LogP contribution in [0.2, 0.25) is 0 Å². The lowest BCUT2D eigenvalue weighted by Gasteiger charge is -1.93. The first-order valence-electron chi connectivity index (χ1n) is 2.32. The van der Waals surface area contributed by atoms with Crippen molar-refractivity contribution >= 4 is 5.82 Å². The number of methoxy groups -OCH3 is 1. The molecule has 0 bridgehead atoms. The van der Waals surface area contributed by atoms with E-state index in [1.165, 1.54) is 13.3 Å². The molecular formula is C4H6N4O. The lowest BCUT2D eigenvalue weighted by Crippen LogP contribution is -1.97. The summed E-state index contributed by atoms with van der Waals surface area (Å²) >= 11 is 0. The predicted octanol–water partition coefficient (Wildman–Crippen LogP) is -0.538. The smallest absolute Gasteiger partial charge is 0.337 e. The molecule has 0 aromatic carbocycles. The highest BCUT2D eigenvalue weighted by Gasteiger charge is 1.92. The second kappa shape index (κ2) is 2.25. The summed E-state index contributed by atoms with van der Waals surface area (Å²) in [5.41, 5.74) is 5.24. The molecule has 0 aliphatic heterocycles. The third-order valence-corrected chi connectivity index (χ3v) is 0.741. The van der Waals surface area contributed by atoms with Gasteiger partial charge in [-0.2, -0.15) is 10.1 Å². The van der Waals surface area contributed by atoms with Crippen molar-refractivity contribution in [2.75, 3.05) is 12.8 Å². The normalized spacial score (nSPS) is 9.00.